The van der Waals surface area contributed by atoms with E-state index in [2.05, 4.69) is 17.2 Å². The molecule has 0 saturated carbocycles. The molecule has 2 aromatic rings. The standard InChI is InChI=1S/C15H19N3O2S/c1-4-11-8-17-14(21-11)9(2)18-13-6-5-10(16)7-12(13)15(19)20-3/h5-9,18H,4,16H2,1-3H3. The highest BCUT2D eigenvalue weighted by Gasteiger charge is 2.16. The highest BCUT2D eigenvalue weighted by Crippen LogP contribution is 2.27. The van der Waals surface area contributed by atoms with Crippen LogP contribution in [0.1, 0.15) is 40.1 Å². The van der Waals surface area contributed by atoms with Gasteiger partial charge in [0.05, 0.1) is 18.7 Å². The molecule has 0 amide bonds. The van der Waals surface area contributed by atoms with Crippen molar-refractivity contribution in [2.45, 2.75) is 26.3 Å². The number of nitrogen functional groups attached to an aromatic ring is 1. The van der Waals surface area contributed by atoms with Gasteiger partial charge in [-0.2, -0.15) is 0 Å². The van der Waals surface area contributed by atoms with Crippen LogP contribution in [0.4, 0.5) is 11.4 Å². The molecule has 1 atom stereocenters. The minimum Gasteiger partial charge on any atom is -0.465 e. The first-order valence-electron chi connectivity index (χ1n) is 6.74. The van der Waals surface area contributed by atoms with Gasteiger partial charge in [0.2, 0.25) is 0 Å². The number of hydrogen-bond donors (Lipinski definition) is 2. The van der Waals surface area contributed by atoms with Gasteiger partial charge in [0.15, 0.2) is 0 Å². The summed E-state index contributed by atoms with van der Waals surface area (Å²) in [5, 5.41) is 4.28. The SMILES string of the molecule is CCc1cnc(C(C)Nc2ccc(N)cc2C(=O)OC)s1. The van der Waals surface area contributed by atoms with Crippen molar-refractivity contribution in [3.05, 3.63) is 39.8 Å². The minimum atomic E-state index is -0.412. The summed E-state index contributed by atoms with van der Waals surface area (Å²) in [7, 11) is 1.35. The maximum atomic E-state index is 11.8. The van der Waals surface area contributed by atoms with E-state index in [0.29, 0.717) is 16.9 Å². The van der Waals surface area contributed by atoms with Crippen molar-refractivity contribution in [2.24, 2.45) is 0 Å². The zero-order valence-corrected chi connectivity index (χ0v) is 13.2. The summed E-state index contributed by atoms with van der Waals surface area (Å²) < 4.78 is 4.79. The molecule has 5 nitrogen and oxygen atoms in total. The molecular weight excluding hydrogens is 286 g/mol. The van der Waals surface area contributed by atoms with Gasteiger partial charge in [-0.3, -0.25) is 0 Å². The number of carbonyl (C=O) groups is 1. The molecule has 1 heterocycles. The van der Waals surface area contributed by atoms with Crippen LogP contribution in [0.3, 0.4) is 0 Å². The molecule has 0 spiro atoms. The Morgan fingerprint density at radius 2 is 2.29 bits per heavy atom. The second kappa shape index (κ2) is 6.58. The number of aryl methyl sites for hydroxylation is 1. The molecule has 112 valence electrons. The van der Waals surface area contributed by atoms with Crippen molar-refractivity contribution >= 4 is 28.7 Å². The molecule has 1 unspecified atom stereocenters. The fourth-order valence-electron chi connectivity index (χ4n) is 1.95. The molecule has 6 heteroatoms. The monoisotopic (exact) mass is 305 g/mol. The molecule has 0 fully saturated rings. The van der Waals surface area contributed by atoms with Crippen molar-refractivity contribution in [3.8, 4) is 0 Å². The number of hydrogen-bond acceptors (Lipinski definition) is 6. The van der Waals surface area contributed by atoms with Gasteiger partial charge in [0, 0.05) is 22.4 Å². The van der Waals surface area contributed by atoms with Crippen LogP contribution in [0.25, 0.3) is 0 Å². The van der Waals surface area contributed by atoms with Crippen LogP contribution in [-0.2, 0) is 11.2 Å². The summed E-state index contributed by atoms with van der Waals surface area (Å²) in [4.78, 5) is 17.5. The predicted molar refractivity (Wildman–Crippen MR) is 85.7 cm³/mol. The van der Waals surface area contributed by atoms with Gasteiger partial charge in [-0.05, 0) is 31.5 Å². The molecule has 3 N–H and O–H groups in total. The van der Waals surface area contributed by atoms with E-state index >= 15 is 0 Å². The fraction of sp³-hybridized carbons (Fsp3) is 0.333. The number of methoxy groups -OCH3 is 1. The lowest BCUT2D eigenvalue weighted by Gasteiger charge is -2.16. The molecule has 0 radical (unpaired) electrons. The number of nitrogens with two attached hydrogens (primary N) is 1. The van der Waals surface area contributed by atoms with E-state index in [1.54, 1.807) is 29.5 Å². The third-order valence-electron chi connectivity index (χ3n) is 3.11. The number of carbonyl (C=O) groups excluding carboxylic acids is 1. The Labute approximate surface area is 128 Å². The van der Waals surface area contributed by atoms with E-state index in [9.17, 15) is 4.79 Å². The third-order valence-corrected chi connectivity index (χ3v) is 4.44. The molecular formula is C15H19N3O2S. The van der Waals surface area contributed by atoms with E-state index in [1.807, 2.05) is 13.1 Å². The zero-order chi connectivity index (χ0) is 15.4. The number of aromatic nitrogens is 1. The summed E-state index contributed by atoms with van der Waals surface area (Å²) in [5.74, 6) is -0.412. The molecule has 0 bridgehead atoms. The Morgan fingerprint density at radius 3 is 2.90 bits per heavy atom. The smallest absolute Gasteiger partial charge is 0.340 e. The fourth-order valence-corrected chi connectivity index (χ4v) is 2.81. The van der Waals surface area contributed by atoms with Gasteiger partial charge < -0.3 is 15.8 Å². The average molecular weight is 305 g/mol. The maximum Gasteiger partial charge on any atom is 0.340 e. The summed E-state index contributed by atoms with van der Waals surface area (Å²) >= 11 is 1.67. The Hall–Kier alpha value is -2.08. The number of ether oxygens (including phenoxy) is 1. The lowest BCUT2D eigenvalue weighted by atomic mass is 10.1. The van der Waals surface area contributed by atoms with Crippen LogP contribution in [0.5, 0.6) is 0 Å². The number of esters is 1. The highest BCUT2D eigenvalue weighted by molar-refractivity contribution is 7.11. The summed E-state index contributed by atoms with van der Waals surface area (Å²) in [6.45, 7) is 4.11. The summed E-state index contributed by atoms with van der Waals surface area (Å²) in [6.07, 6.45) is 2.86. The van der Waals surface area contributed by atoms with Crippen molar-refractivity contribution < 1.29 is 9.53 Å². The van der Waals surface area contributed by atoms with Crippen molar-refractivity contribution in [1.29, 1.82) is 0 Å². The first-order valence-corrected chi connectivity index (χ1v) is 7.55. The second-order valence-electron chi connectivity index (χ2n) is 4.68. The van der Waals surface area contributed by atoms with Crippen LogP contribution in [0, 0.1) is 0 Å². The maximum absolute atomic E-state index is 11.8. The Bertz CT molecular complexity index is 640. The highest BCUT2D eigenvalue weighted by atomic mass is 32.1. The Kier molecular flexibility index (Phi) is 4.80. The van der Waals surface area contributed by atoms with Crippen LogP contribution < -0.4 is 11.1 Å². The lowest BCUT2D eigenvalue weighted by molar-refractivity contribution is 0.0602. The molecule has 2 rings (SSSR count). The number of thiazole rings is 1. The van der Waals surface area contributed by atoms with Crippen LogP contribution in [0.15, 0.2) is 24.4 Å². The molecule has 0 saturated heterocycles. The van der Waals surface area contributed by atoms with Crippen molar-refractivity contribution in [3.63, 3.8) is 0 Å². The van der Waals surface area contributed by atoms with Gasteiger partial charge in [-0.1, -0.05) is 6.92 Å². The van der Waals surface area contributed by atoms with E-state index in [0.717, 1.165) is 11.4 Å². The van der Waals surface area contributed by atoms with Crippen LogP contribution in [0.2, 0.25) is 0 Å². The second-order valence-corrected chi connectivity index (χ2v) is 5.83. The number of benzene rings is 1. The summed E-state index contributed by atoms with van der Waals surface area (Å²) in [5.41, 5.74) is 7.38. The molecule has 1 aromatic heterocycles. The Morgan fingerprint density at radius 1 is 1.52 bits per heavy atom. The molecule has 1 aromatic carbocycles. The largest absolute Gasteiger partial charge is 0.465 e. The molecule has 0 aliphatic heterocycles. The normalized spacial score (nSPS) is 12.0. The van der Waals surface area contributed by atoms with Gasteiger partial charge in [-0.15, -0.1) is 11.3 Å². The summed E-state index contributed by atoms with van der Waals surface area (Å²) in [6, 6.07) is 5.15. The minimum absolute atomic E-state index is 0.00216. The van der Waals surface area contributed by atoms with Gasteiger partial charge >= 0.3 is 5.97 Å². The van der Waals surface area contributed by atoms with E-state index < -0.39 is 5.97 Å². The topological polar surface area (TPSA) is 77.2 Å². The average Bonchev–Trinajstić information content (AvgIpc) is 2.97. The number of anilines is 2. The van der Waals surface area contributed by atoms with E-state index in [1.165, 1.54) is 12.0 Å². The van der Waals surface area contributed by atoms with E-state index in [-0.39, 0.29) is 6.04 Å². The number of rotatable bonds is 5. The van der Waals surface area contributed by atoms with Gasteiger partial charge in [0.1, 0.15) is 5.01 Å². The predicted octanol–water partition coefficient (Wildman–Crippen LogP) is 3.25. The van der Waals surface area contributed by atoms with Gasteiger partial charge in [0.25, 0.3) is 0 Å². The molecule has 0 aliphatic carbocycles. The third kappa shape index (κ3) is 3.52. The molecule has 21 heavy (non-hydrogen) atoms. The van der Waals surface area contributed by atoms with E-state index in [4.69, 9.17) is 10.5 Å². The van der Waals surface area contributed by atoms with Crippen LogP contribution in [-0.4, -0.2) is 18.1 Å². The number of nitrogens with zero attached hydrogens (tertiary/aromatic N) is 1. The van der Waals surface area contributed by atoms with Crippen molar-refractivity contribution in [1.82, 2.24) is 4.98 Å². The number of nitrogens with one attached hydrogen (secondary N) is 1. The Balaban J connectivity index is 2.24. The van der Waals surface area contributed by atoms with Crippen molar-refractivity contribution in [2.75, 3.05) is 18.2 Å². The first kappa shape index (κ1) is 15.3. The molecule has 0 aliphatic rings. The van der Waals surface area contributed by atoms with Crippen LogP contribution >= 0.6 is 11.3 Å². The quantitative estimate of drug-likeness (QED) is 0.655. The van der Waals surface area contributed by atoms with Gasteiger partial charge in [-0.25, -0.2) is 9.78 Å². The zero-order valence-electron chi connectivity index (χ0n) is 12.3. The lowest BCUT2D eigenvalue weighted by Crippen LogP contribution is -2.12. The first-order chi connectivity index (χ1) is 10.0.